The lowest BCUT2D eigenvalue weighted by molar-refractivity contribution is -0.384. The van der Waals surface area contributed by atoms with Gasteiger partial charge in [-0.1, -0.05) is 0 Å². The Morgan fingerprint density at radius 2 is 1.70 bits per heavy atom. The number of nitro groups is 1. The summed E-state index contributed by atoms with van der Waals surface area (Å²) < 4.78 is 5.15. The Kier molecular flexibility index (Phi) is 7.21. The fraction of sp³-hybridized carbons (Fsp3) is 0.333. The third kappa shape index (κ3) is 5.22. The monoisotopic (exact) mass is 374 g/mol. The molecule has 9 heteroatoms. The minimum atomic E-state index is -0.503. The van der Waals surface area contributed by atoms with Crippen LogP contribution in [0.4, 0.5) is 22.7 Å². The van der Waals surface area contributed by atoms with E-state index in [1.807, 2.05) is 24.0 Å². The minimum Gasteiger partial charge on any atom is -0.494 e. The molecular formula is C18H22N4O5. The second-order valence-corrected chi connectivity index (χ2v) is 5.72. The summed E-state index contributed by atoms with van der Waals surface area (Å²) in [5, 5.41) is 37.5. The number of ether oxygens (including phenoxy) is 1. The van der Waals surface area contributed by atoms with Gasteiger partial charge in [0.05, 0.1) is 37.0 Å². The zero-order chi connectivity index (χ0) is 19.8. The fourth-order valence-corrected chi connectivity index (χ4v) is 2.53. The summed E-state index contributed by atoms with van der Waals surface area (Å²) in [7, 11) is 1.41. The lowest BCUT2D eigenvalue weighted by Crippen LogP contribution is -2.29. The molecule has 2 aromatic carbocycles. The zero-order valence-electron chi connectivity index (χ0n) is 15.2. The molecule has 0 heterocycles. The highest BCUT2D eigenvalue weighted by atomic mass is 16.6. The molecular weight excluding hydrogens is 352 g/mol. The van der Waals surface area contributed by atoms with Crippen LogP contribution in [0.1, 0.15) is 5.56 Å². The molecule has 0 spiro atoms. The highest BCUT2D eigenvalue weighted by Gasteiger charge is 2.11. The number of aliphatic hydroxyl groups is 2. The molecule has 0 saturated heterocycles. The number of azo groups is 1. The Labute approximate surface area is 156 Å². The van der Waals surface area contributed by atoms with Crippen molar-refractivity contribution in [2.75, 3.05) is 38.3 Å². The molecule has 27 heavy (non-hydrogen) atoms. The summed E-state index contributed by atoms with van der Waals surface area (Å²) in [6, 6.07) is 9.63. The molecule has 0 radical (unpaired) electrons. The van der Waals surface area contributed by atoms with Crippen molar-refractivity contribution in [2.24, 2.45) is 10.2 Å². The van der Waals surface area contributed by atoms with E-state index in [4.69, 9.17) is 14.9 Å². The molecule has 2 rings (SSSR count). The SMILES string of the molecule is COc1cc([N+](=O)[O-])ccc1N=Nc1ccc(N(CCO)CCO)cc1C. The molecule has 0 aromatic heterocycles. The molecule has 0 atom stereocenters. The van der Waals surface area contributed by atoms with Gasteiger partial charge in [-0.15, -0.1) is 5.11 Å². The van der Waals surface area contributed by atoms with Gasteiger partial charge in [0.15, 0.2) is 5.75 Å². The highest BCUT2D eigenvalue weighted by molar-refractivity contribution is 5.59. The predicted molar refractivity (Wildman–Crippen MR) is 101 cm³/mol. The standard InChI is InChI=1S/C18H22N4O5/c1-13-11-14(21(7-9-23)8-10-24)3-5-16(13)19-20-17-6-4-15(22(25)26)12-18(17)27-2/h3-6,11-12,23-24H,7-10H2,1-2H3. The van der Waals surface area contributed by atoms with E-state index in [2.05, 4.69) is 10.2 Å². The summed E-state index contributed by atoms with van der Waals surface area (Å²) in [4.78, 5) is 12.2. The van der Waals surface area contributed by atoms with Crippen LogP contribution in [0.15, 0.2) is 46.6 Å². The Balaban J connectivity index is 2.26. The Morgan fingerprint density at radius 3 is 2.26 bits per heavy atom. The second kappa shape index (κ2) is 9.60. The molecule has 0 fully saturated rings. The highest BCUT2D eigenvalue weighted by Crippen LogP contribution is 2.33. The number of non-ortho nitro benzene ring substituents is 1. The van der Waals surface area contributed by atoms with Crippen LogP contribution in [0.5, 0.6) is 5.75 Å². The van der Waals surface area contributed by atoms with Gasteiger partial charge in [-0.25, -0.2) is 0 Å². The molecule has 144 valence electrons. The van der Waals surface area contributed by atoms with E-state index in [-0.39, 0.29) is 24.7 Å². The zero-order valence-corrected chi connectivity index (χ0v) is 15.2. The van der Waals surface area contributed by atoms with Gasteiger partial charge in [0.25, 0.3) is 5.69 Å². The van der Waals surface area contributed by atoms with Crippen molar-refractivity contribution in [1.29, 1.82) is 0 Å². The van der Waals surface area contributed by atoms with Crippen LogP contribution in [0, 0.1) is 17.0 Å². The molecule has 0 aliphatic rings. The number of rotatable bonds is 9. The lowest BCUT2D eigenvalue weighted by atomic mass is 10.1. The Morgan fingerprint density at radius 1 is 1.07 bits per heavy atom. The average Bonchev–Trinajstić information content (AvgIpc) is 2.66. The fourth-order valence-electron chi connectivity index (χ4n) is 2.53. The van der Waals surface area contributed by atoms with E-state index in [1.165, 1.54) is 25.3 Å². The van der Waals surface area contributed by atoms with E-state index in [0.29, 0.717) is 24.5 Å². The molecule has 0 aliphatic carbocycles. The molecule has 2 aromatic rings. The topological polar surface area (TPSA) is 121 Å². The lowest BCUT2D eigenvalue weighted by Gasteiger charge is -2.23. The largest absolute Gasteiger partial charge is 0.494 e. The van der Waals surface area contributed by atoms with E-state index in [0.717, 1.165) is 11.3 Å². The molecule has 2 N–H and O–H groups in total. The van der Waals surface area contributed by atoms with Crippen LogP contribution >= 0.6 is 0 Å². The first kappa shape index (κ1) is 20.3. The van der Waals surface area contributed by atoms with Crippen LogP contribution in [-0.2, 0) is 0 Å². The molecule has 9 nitrogen and oxygen atoms in total. The van der Waals surface area contributed by atoms with Crippen molar-refractivity contribution in [2.45, 2.75) is 6.92 Å². The smallest absolute Gasteiger partial charge is 0.273 e. The van der Waals surface area contributed by atoms with Gasteiger partial charge in [-0.3, -0.25) is 10.1 Å². The molecule has 0 aliphatic heterocycles. The van der Waals surface area contributed by atoms with E-state index in [9.17, 15) is 10.1 Å². The van der Waals surface area contributed by atoms with Crippen molar-refractivity contribution < 1.29 is 19.9 Å². The number of aliphatic hydroxyl groups excluding tert-OH is 2. The summed E-state index contributed by atoms with van der Waals surface area (Å²) in [6.07, 6.45) is 0. The van der Waals surface area contributed by atoms with E-state index < -0.39 is 4.92 Å². The van der Waals surface area contributed by atoms with Gasteiger partial charge in [0.1, 0.15) is 5.69 Å². The second-order valence-electron chi connectivity index (χ2n) is 5.72. The van der Waals surface area contributed by atoms with Crippen molar-refractivity contribution in [3.63, 3.8) is 0 Å². The first-order chi connectivity index (χ1) is 13.0. The van der Waals surface area contributed by atoms with Gasteiger partial charge < -0.3 is 19.8 Å². The Bertz CT molecular complexity index is 819. The number of hydrogen-bond acceptors (Lipinski definition) is 8. The molecule has 0 amide bonds. The third-order valence-corrected chi connectivity index (χ3v) is 3.92. The molecule has 0 bridgehead atoms. The minimum absolute atomic E-state index is 0.0134. The summed E-state index contributed by atoms with van der Waals surface area (Å²) in [5.41, 5.74) is 2.65. The van der Waals surface area contributed by atoms with E-state index in [1.54, 1.807) is 6.07 Å². The molecule has 0 unspecified atom stereocenters. The van der Waals surface area contributed by atoms with Crippen LogP contribution in [-0.4, -0.2) is 48.5 Å². The summed E-state index contributed by atoms with van der Waals surface area (Å²) >= 11 is 0. The van der Waals surface area contributed by atoms with Crippen molar-refractivity contribution in [3.05, 3.63) is 52.1 Å². The van der Waals surface area contributed by atoms with Gasteiger partial charge in [0, 0.05) is 24.8 Å². The first-order valence-corrected chi connectivity index (χ1v) is 8.31. The average molecular weight is 374 g/mol. The van der Waals surface area contributed by atoms with Crippen LogP contribution < -0.4 is 9.64 Å². The normalized spacial score (nSPS) is 11.0. The van der Waals surface area contributed by atoms with Crippen molar-refractivity contribution in [1.82, 2.24) is 0 Å². The van der Waals surface area contributed by atoms with Crippen LogP contribution in [0.25, 0.3) is 0 Å². The maximum Gasteiger partial charge on any atom is 0.273 e. The number of hydrogen-bond donors (Lipinski definition) is 2. The Hall–Kier alpha value is -3.04. The summed E-state index contributed by atoms with van der Waals surface area (Å²) in [5.74, 6) is 0.263. The van der Waals surface area contributed by atoms with Gasteiger partial charge in [-0.2, -0.15) is 5.11 Å². The predicted octanol–water partition coefficient (Wildman–Crippen LogP) is 3.12. The van der Waals surface area contributed by atoms with E-state index >= 15 is 0 Å². The number of nitro benzene ring substituents is 1. The maximum atomic E-state index is 10.8. The van der Waals surface area contributed by atoms with Crippen LogP contribution in [0.2, 0.25) is 0 Å². The number of aryl methyl sites for hydroxylation is 1. The number of nitrogens with zero attached hydrogens (tertiary/aromatic N) is 4. The first-order valence-electron chi connectivity index (χ1n) is 8.31. The van der Waals surface area contributed by atoms with Gasteiger partial charge >= 0.3 is 0 Å². The van der Waals surface area contributed by atoms with Crippen LogP contribution in [0.3, 0.4) is 0 Å². The number of anilines is 1. The quantitative estimate of drug-likeness (QED) is 0.395. The molecule has 0 saturated carbocycles. The van der Waals surface area contributed by atoms with Crippen molar-refractivity contribution >= 4 is 22.7 Å². The number of benzene rings is 2. The maximum absolute atomic E-state index is 10.8. The summed E-state index contributed by atoms with van der Waals surface area (Å²) in [6.45, 7) is 2.68. The van der Waals surface area contributed by atoms with Gasteiger partial charge in [-0.05, 0) is 36.8 Å². The van der Waals surface area contributed by atoms with Crippen molar-refractivity contribution in [3.8, 4) is 5.75 Å². The number of methoxy groups -OCH3 is 1. The van der Waals surface area contributed by atoms with Gasteiger partial charge in [0.2, 0.25) is 0 Å². The third-order valence-electron chi connectivity index (χ3n) is 3.92.